The molecule has 152 valence electrons. The van der Waals surface area contributed by atoms with Crippen LogP contribution in [-0.4, -0.2) is 65.7 Å². The predicted octanol–water partition coefficient (Wildman–Crippen LogP) is 2.31. The van der Waals surface area contributed by atoms with Crippen molar-refractivity contribution in [3.05, 3.63) is 70.2 Å². The summed E-state index contributed by atoms with van der Waals surface area (Å²) in [5.41, 5.74) is 4.15. The lowest BCUT2D eigenvalue weighted by molar-refractivity contribution is -0.122. The minimum atomic E-state index is -1.03. The van der Waals surface area contributed by atoms with Crippen molar-refractivity contribution in [1.82, 2.24) is 15.2 Å². The third kappa shape index (κ3) is 6.12. The van der Waals surface area contributed by atoms with E-state index < -0.39 is 5.97 Å². The standard InChI is InChI=1S/C21H23ClN4O3/c22-19-8-4-2-6-17(19)14-25-9-11-26(12-10-25)15-20(27)24-23-13-16-5-1-3-7-18(16)21(28)29/h1-8,13H,9-12,14-15H2,(H,24,27)(H,28,29)/b23-13+. The Hall–Kier alpha value is -2.74. The van der Waals surface area contributed by atoms with E-state index in [0.29, 0.717) is 5.56 Å². The third-order valence-electron chi connectivity index (χ3n) is 4.77. The van der Waals surface area contributed by atoms with Gasteiger partial charge in [-0.1, -0.05) is 48.0 Å². The monoisotopic (exact) mass is 414 g/mol. The lowest BCUT2D eigenvalue weighted by Crippen LogP contribution is -2.48. The van der Waals surface area contributed by atoms with Gasteiger partial charge in [-0.05, 0) is 17.7 Å². The average Bonchev–Trinajstić information content (AvgIpc) is 2.71. The van der Waals surface area contributed by atoms with Crippen LogP contribution < -0.4 is 5.43 Å². The molecule has 0 spiro atoms. The molecule has 2 aromatic carbocycles. The van der Waals surface area contributed by atoms with Gasteiger partial charge in [0.1, 0.15) is 0 Å². The third-order valence-corrected chi connectivity index (χ3v) is 5.14. The Morgan fingerprint density at radius 2 is 1.69 bits per heavy atom. The smallest absolute Gasteiger partial charge is 0.336 e. The highest BCUT2D eigenvalue weighted by atomic mass is 35.5. The lowest BCUT2D eigenvalue weighted by Gasteiger charge is -2.34. The molecule has 0 aromatic heterocycles. The van der Waals surface area contributed by atoms with E-state index in [1.807, 2.05) is 24.3 Å². The van der Waals surface area contributed by atoms with Gasteiger partial charge in [-0.2, -0.15) is 5.10 Å². The fraction of sp³-hybridized carbons (Fsp3) is 0.286. The fourth-order valence-electron chi connectivity index (χ4n) is 3.19. The number of carbonyl (C=O) groups is 2. The summed E-state index contributed by atoms with van der Waals surface area (Å²) in [4.78, 5) is 27.7. The number of halogens is 1. The molecular weight excluding hydrogens is 392 g/mol. The van der Waals surface area contributed by atoms with Gasteiger partial charge in [-0.3, -0.25) is 14.6 Å². The van der Waals surface area contributed by atoms with Crippen LogP contribution in [0.4, 0.5) is 0 Å². The number of benzene rings is 2. The van der Waals surface area contributed by atoms with Crippen molar-refractivity contribution in [1.29, 1.82) is 0 Å². The van der Waals surface area contributed by atoms with E-state index in [1.54, 1.807) is 18.2 Å². The summed E-state index contributed by atoms with van der Waals surface area (Å²) < 4.78 is 0. The quantitative estimate of drug-likeness (QED) is 0.536. The van der Waals surface area contributed by atoms with Crippen molar-refractivity contribution in [3.63, 3.8) is 0 Å². The highest BCUT2D eigenvalue weighted by molar-refractivity contribution is 6.31. The van der Waals surface area contributed by atoms with Gasteiger partial charge < -0.3 is 5.11 Å². The molecule has 2 aromatic rings. The summed E-state index contributed by atoms with van der Waals surface area (Å²) in [5, 5.41) is 13.8. The molecule has 2 N–H and O–H groups in total. The maximum atomic E-state index is 12.1. The molecule has 1 aliphatic rings. The second-order valence-corrected chi connectivity index (χ2v) is 7.24. The highest BCUT2D eigenvalue weighted by Crippen LogP contribution is 2.17. The van der Waals surface area contributed by atoms with E-state index in [1.165, 1.54) is 12.3 Å². The molecule has 1 saturated heterocycles. The largest absolute Gasteiger partial charge is 0.478 e. The fourth-order valence-corrected chi connectivity index (χ4v) is 3.39. The zero-order chi connectivity index (χ0) is 20.6. The Balaban J connectivity index is 1.43. The molecule has 0 bridgehead atoms. The van der Waals surface area contributed by atoms with Gasteiger partial charge in [0.25, 0.3) is 5.91 Å². The number of piperazine rings is 1. The number of carboxylic acids is 1. The van der Waals surface area contributed by atoms with Crippen molar-refractivity contribution >= 4 is 29.7 Å². The first-order chi connectivity index (χ1) is 14.0. The Labute approximate surface area is 174 Å². The molecular formula is C21H23ClN4O3. The lowest BCUT2D eigenvalue weighted by atomic mass is 10.1. The Bertz CT molecular complexity index is 895. The number of hydrazone groups is 1. The van der Waals surface area contributed by atoms with E-state index in [2.05, 4.69) is 20.3 Å². The van der Waals surface area contributed by atoms with E-state index >= 15 is 0 Å². The average molecular weight is 415 g/mol. The van der Waals surface area contributed by atoms with Gasteiger partial charge >= 0.3 is 5.97 Å². The summed E-state index contributed by atoms with van der Waals surface area (Å²) in [6.45, 7) is 4.32. The summed E-state index contributed by atoms with van der Waals surface area (Å²) in [6.07, 6.45) is 1.35. The number of aromatic carboxylic acids is 1. The molecule has 1 amide bonds. The molecule has 1 aliphatic heterocycles. The first-order valence-corrected chi connectivity index (χ1v) is 9.73. The van der Waals surface area contributed by atoms with Gasteiger partial charge in [0.2, 0.25) is 0 Å². The van der Waals surface area contributed by atoms with Crippen LogP contribution in [0.5, 0.6) is 0 Å². The molecule has 0 unspecified atom stereocenters. The van der Waals surface area contributed by atoms with Gasteiger partial charge in [0, 0.05) is 43.3 Å². The van der Waals surface area contributed by atoms with Gasteiger partial charge in [0.05, 0.1) is 18.3 Å². The van der Waals surface area contributed by atoms with Crippen LogP contribution in [0.1, 0.15) is 21.5 Å². The molecule has 0 atom stereocenters. The first-order valence-electron chi connectivity index (χ1n) is 9.35. The number of rotatable bonds is 7. The minimum absolute atomic E-state index is 0.139. The minimum Gasteiger partial charge on any atom is -0.478 e. The van der Waals surface area contributed by atoms with Crippen molar-refractivity contribution in [2.24, 2.45) is 5.10 Å². The normalized spacial score (nSPS) is 15.5. The number of amides is 1. The van der Waals surface area contributed by atoms with Crippen molar-refractivity contribution in [2.75, 3.05) is 32.7 Å². The second-order valence-electron chi connectivity index (χ2n) is 6.83. The summed E-state index contributed by atoms with van der Waals surface area (Å²) >= 11 is 6.22. The van der Waals surface area contributed by atoms with Crippen LogP contribution >= 0.6 is 11.6 Å². The summed E-state index contributed by atoms with van der Waals surface area (Å²) in [7, 11) is 0. The first kappa shape index (κ1) is 21.0. The number of carboxylic acid groups (broad SMARTS) is 1. The second kappa shape index (κ2) is 10.2. The molecule has 1 fully saturated rings. The van der Waals surface area contributed by atoms with Gasteiger partial charge in [-0.15, -0.1) is 0 Å². The van der Waals surface area contributed by atoms with E-state index in [0.717, 1.165) is 43.3 Å². The van der Waals surface area contributed by atoms with Crippen LogP contribution in [0, 0.1) is 0 Å². The summed E-state index contributed by atoms with van der Waals surface area (Å²) in [6, 6.07) is 14.3. The zero-order valence-electron chi connectivity index (χ0n) is 15.9. The van der Waals surface area contributed by atoms with Gasteiger partial charge in [0.15, 0.2) is 0 Å². The number of carbonyl (C=O) groups excluding carboxylic acids is 1. The molecule has 1 heterocycles. The molecule has 3 rings (SSSR count). The van der Waals surface area contributed by atoms with Crippen LogP contribution in [0.15, 0.2) is 53.6 Å². The number of nitrogens with zero attached hydrogens (tertiary/aromatic N) is 3. The zero-order valence-corrected chi connectivity index (χ0v) is 16.7. The molecule has 0 aliphatic carbocycles. The Kier molecular flexibility index (Phi) is 7.35. The van der Waals surface area contributed by atoms with Crippen molar-refractivity contribution < 1.29 is 14.7 Å². The molecule has 29 heavy (non-hydrogen) atoms. The van der Waals surface area contributed by atoms with E-state index in [-0.39, 0.29) is 18.0 Å². The van der Waals surface area contributed by atoms with Crippen LogP contribution in [0.3, 0.4) is 0 Å². The number of hydrogen-bond acceptors (Lipinski definition) is 5. The van der Waals surface area contributed by atoms with Crippen LogP contribution in [-0.2, 0) is 11.3 Å². The maximum absolute atomic E-state index is 12.1. The number of hydrogen-bond donors (Lipinski definition) is 2. The SMILES string of the molecule is O=C(CN1CCN(Cc2ccccc2Cl)CC1)N/N=C/c1ccccc1C(=O)O. The topological polar surface area (TPSA) is 85.2 Å². The Morgan fingerprint density at radius 1 is 1.03 bits per heavy atom. The van der Waals surface area contributed by atoms with E-state index in [9.17, 15) is 9.59 Å². The Morgan fingerprint density at radius 3 is 2.41 bits per heavy atom. The number of nitrogens with one attached hydrogen (secondary N) is 1. The van der Waals surface area contributed by atoms with Crippen LogP contribution in [0.25, 0.3) is 0 Å². The van der Waals surface area contributed by atoms with Crippen LogP contribution in [0.2, 0.25) is 5.02 Å². The molecule has 8 heteroatoms. The summed E-state index contributed by atoms with van der Waals surface area (Å²) in [5.74, 6) is -1.26. The maximum Gasteiger partial charge on any atom is 0.336 e. The van der Waals surface area contributed by atoms with E-state index in [4.69, 9.17) is 16.7 Å². The molecule has 0 radical (unpaired) electrons. The highest BCUT2D eigenvalue weighted by Gasteiger charge is 2.19. The molecule has 7 nitrogen and oxygen atoms in total. The predicted molar refractivity (Wildman–Crippen MR) is 112 cm³/mol. The van der Waals surface area contributed by atoms with Gasteiger partial charge in [-0.25, -0.2) is 10.2 Å². The van der Waals surface area contributed by atoms with Crippen molar-refractivity contribution in [3.8, 4) is 0 Å². The van der Waals surface area contributed by atoms with Crippen molar-refractivity contribution in [2.45, 2.75) is 6.54 Å². The molecule has 0 saturated carbocycles.